The van der Waals surface area contributed by atoms with Crippen molar-refractivity contribution in [3.8, 4) is 5.75 Å². The lowest BCUT2D eigenvalue weighted by molar-refractivity contribution is 0.308. The van der Waals surface area contributed by atoms with Gasteiger partial charge in [-0.05, 0) is 75.3 Å². The summed E-state index contributed by atoms with van der Waals surface area (Å²) in [4.78, 5) is 13.0. The lowest BCUT2D eigenvalue weighted by Gasteiger charge is -2.20. The molecule has 0 bridgehead atoms. The van der Waals surface area contributed by atoms with Crippen molar-refractivity contribution in [2.75, 3.05) is 27.2 Å². The molecular formula is C23H30N4O. The van der Waals surface area contributed by atoms with E-state index >= 15 is 0 Å². The fraction of sp³-hybridized carbons (Fsp3) is 0.435. The van der Waals surface area contributed by atoms with Crippen LogP contribution in [0, 0.1) is 6.92 Å². The Labute approximate surface area is 167 Å². The molecule has 1 N–H and O–H groups in total. The van der Waals surface area contributed by atoms with E-state index in [2.05, 4.69) is 65.2 Å². The van der Waals surface area contributed by atoms with Gasteiger partial charge in [-0.15, -0.1) is 0 Å². The zero-order valence-electron chi connectivity index (χ0n) is 17.2. The Hall–Kier alpha value is -2.37. The van der Waals surface area contributed by atoms with Crippen molar-refractivity contribution < 1.29 is 4.74 Å². The highest BCUT2D eigenvalue weighted by Crippen LogP contribution is 2.24. The number of fused-ring (bicyclic) bond motifs is 1. The molecule has 2 aromatic carbocycles. The average molecular weight is 379 g/mol. The lowest BCUT2D eigenvalue weighted by atomic mass is 10.1. The third-order valence-corrected chi connectivity index (χ3v) is 5.50. The summed E-state index contributed by atoms with van der Waals surface area (Å²) in [5.74, 6) is 2.00. The number of aryl methyl sites for hydroxylation is 1. The molecule has 0 radical (unpaired) electrons. The van der Waals surface area contributed by atoms with Gasteiger partial charge in [0, 0.05) is 18.7 Å². The largest absolute Gasteiger partial charge is 0.496 e. The van der Waals surface area contributed by atoms with Crippen molar-refractivity contribution >= 4 is 11.0 Å². The van der Waals surface area contributed by atoms with E-state index in [0.717, 1.165) is 42.2 Å². The monoisotopic (exact) mass is 378 g/mol. The molecule has 1 fully saturated rings. The van der Waals surface area contributed by atoms with Crippen molar-refractivity contribution in [1.29, 1.82) is 0 Å². The minimum atomic E-state index is 0.793. The van der Waals surface area contributed by atoms with Crippen LogP contribution in [0.1, 0.15) is 35.4 Å². The van der Waals surface area contributed by atoms with Crippen LogP contribution < -0.4 is 4.74 Å². The molecule has 1 saturated heterocycles. The molecule has 2 heterocycles. The van der Waals surface area contributed by atoms with Crippen LogP contribution in [0.5, 0.6) is 5.75 Å². The minimum absolute atomic E-state index is 0.793. The number of rotatable bonds is 7. The Morgan fingerprint density at radius 1 is 1.11 bits per heavy atom. The molecule has 148 valence electrons. The van der Waals surface area contributed by atoms with Gasteiger partial charge in [-0.2, -0.15) is 0 Å². The van der Waals surface area contributed by atoms with E-state index in [0.29, 0.717) is 0 Å². The summed E-state index contributed by atoms with van der Waals surface area (Å²) >= 11 is 0. The molecule has 1 aliphatic heterocycles. The van der Waals surface area contributed by atoms with E-state index in [4.69, 9.17) is 9.72 Å². The SMILES string of the molecule is COc1ccc(CN(C)Cc2nc3ccc(C)cc3[nH]2)cc1CN1CCCC1. The Morgan fingerprint density at radius 3 is 2.71 bits per heavy atom. The van der Waals surface area contributed by atoms with Crippen LogP contribution in [0.4, 0.5) is 0 Å². The van der Waals surface area contributed by atoms with Gasteiger partial charge in [0.1, 0.15) is 11.6 Å². The van der Waals surface area contributed by atoms with Gasteiger partial charge in [-0.1, -0.05) is 12.1 Å². The number of aromatic nitrogens is 2. The predicted octanol–water partition coefficient (Wildman–Crippen LogP) is 4.11. The second kappa shape index (κ2) is 8.33. The summed E-state index contributed by atoms with van der Waals surface area (Å²) in [5, 5.41) is 0. The maximum absolute atomic E-state index is 5.60. The molecule has 4 rings (SSSR count). The first kappa shape index (κ1) is 19.0. The first-order chi connectivity index (χ1) is 13.6. The fourth-order valence-corrected chi connectivity index (χ4v) is 4.11. The van der Waals surface area contributed by atoms with Gasteiger partial charge in [0.25, 0.3) is 0 Å². The molecule has 0 aliphatic carbocycles. The maximum Gasteiger partial charge on any atom is 0.123 e. The van der Waals surface area contributed by atoms with Crippen LogP contribution in [0.15, 0.2) is 36.4 Å². The number of methoxy groups -OCH3 is 1. The molecule has 3 aromatic rings. The summed E-state index contributed by atoms with van der Waals surface area (Å²) in [6.07, 6.45) is 2.61. The molecule has 1 aliphatic rings. The normalized spacial score (nSPS) is 15.0. The first-order valence-electron chi connectivity index (χ1n) is 10.1. The highest BCUT2D eigenvalue weighted by atomic mass is 16.5. The Kier molecular flexibility index (Phi) is 5.64. The second-order valence-corrected chi connectivity index (χ2v) is 8.01. The number of nitrogens with one attached hydrogen (secondary N) is 1. The summed E-state index contributed by atoms with van der Waals surface area (Å²) in [7, 11) is 3.90. The number of aromatic amines is 1. The van der Waals surface area contributed by atoms with Gasteiger partial charge < -0.3 is 9.72 Å². The highest BCUT2D eigenvalue weighted by Gasteiger charge is 2.15. The quantitative estimate of drug-likeness (QED) is 0.672. The number of benzene rings is 2. The molecule has 0 amide bonds. The average Bonchev–Trinajstić information content (AvgIpc) is 3.30. The topological polar surface area (TPSA) is 44.4 Å². The van der Waals surface area contributed by atoms with Crippen molar-refractivity contribution in [3.63, 3.8) is 0 Å². The van der Waals surface area contributed by atoms with Crippen LogP contribution >= 0.6 is 0 Å². The zero-order chi connectivity index (χ0) is 19.5. The van der Waals surface area contributed by atoms with E-state index in [1.165, 1.54) is 42.6 Å². The van der Waals surface area contributed by atoms with Crippen molar-refractivity contribution in [2.45, 2.75) is 39.4 Å². The third kappa shape index (κ3) is 4.37. The molecule has 28 heavy (non-hydrogen) atoms. The summed E-state index contributed by atoms with van der Waals surface area (Å²) < 4.78 is 5.60. The standard InChI is InChI=1S/C23H30N4O/c1-17-6-8-20-21(12-17)25-23(24-20)16-26(2)14-18-7-9-22(28-3)19(13-18)15-27-10-4-5-11-27/h6-9,12-13H,4-5,10-11,14-16H2,1-3H3,(H,24,25). The van der Waals surface area contributed by atoms with Crippen LogP contribution in [0.25, 0.3) is 11.0 Å². The molecule has 1 aromatic heterocycles. The molecule has 0 atom stereocenters. The number of hydrogen-bond acceptors (Lipinski definition) is 4. The number of nitrogens with zero attached hydrogens (tertiary/aromatic N) is 3. The number of imidazole rings is 1. The Bertz CT molecular complexity index is 943. The highest BCUT2D eigenvalue weighted by molar-refractivity contribution is 5.75. The lowest BCUT2D eigenvalue weighted by Crippen LogP contribution is -2.20. The molecule has 5 nitrogen and oxygen atoms in total. The molecule has 5 heteroatoms. The maximum atomic E-state index is 5.60. The van der Waals surface area contributed by atoms with Gasteiger partial charge in [0.15, 0.2) is 0 Å². The summed E-state index contributed by atoms with van der Waals surface area (Å²) in [6, 6.07) is 12.9. The first-order valence-corrected chi connectivity index (χ1v) is 10.1. The predicted molar refractivity (Wildman–Crippen MR) is 114 cm³/mol. The zero-order valence-corrected chi connectivity index (χ0v) is 17.2. The van der Waals surface area contributed by atoms with Gasteiger partial charge in [0.2, 0.25) is 0 Å². The van der Waals surface area contributed by atoms with E-state index in [1.807, 2.05) is 0 Å². The Balaban J connectivity index is 1.44. The van der Waals surface area contributed by atoms with Crippen molar-refractivity contribution in [2.24, 2.45) is 0 Å². The van der Waals surface area contributed by atoms with Gasteiger partial charge in [-0.25, -0.2) is 4.98 Å². The van der Waals surface area contributed by atoms with E-state index in [1.54, 1.807) is 7.11 Å². The second-order valence-electron chi connectivity index (χ2n) is 8.01. The van der Waals surface area contributed by atoms with E-state index in [9.17, 15) is 0 Å². The summed E-state index contributed by atoms with van der Waals surface area (Å²) in [6.45, 7) is 7.14. The summed E-state index contributed by atoms with van der Waals surface area (Å²) in [5.41, 5.74) is 5.99. The van der Waals surface area contributed by atoms with Gasteiger partial charge in [0.05, 0.1) is 24.7 Å². The van der Waals surface area contributed by atoms with Crippen LogP contribution in [-0.4, -0.2) is 47.0 Å². The van der Waals surface area contributed by atoms with Gasteiger partial charge in [-0.3, -0.25) is 9.80 Å². The van der Waals surface area contributed by atoms with Crippen LogP contribution in [0.2, 0.25) is 0 Å². The van der Waals surface area contributed by atoms with Crippen molar-refractivity contribution in [3.05, 3.63) is 58.9 Å². The molecular weight excluding hydrogens is 348 g/mol. The fourth-order valence-electron chi connectivity index (χ4n) is 4.11. The number of hydrogen-bond donors (Lipinski definition) is 1. The van der Waals surface area contributed by atoms with Crippen molar-refractivity contribution in [1.82, 2.24) is 19.8 Å². The molecule has 0 saturated carbocycles. The number of ether oxygens (including phenoxy) is 1. The number of H-pyrrole nitrogens is 1. The van der Waals surface area contributed by atoms with Gasteiger partial charge >= 0.3 is 0 Å². The van der Waals surface area contributed by atoms with E-state index in [-0.39, 0.29) is 0 Å². The Morgan fingerprint density at radius 2 is 1.93 bits per heavy atom. The van der Waals surface area contributed by atoms with Crippen LogP contribution in [-0.2, 0) is 19.6 Å². The minimum Gasteiger partial charge on any atom is -0.496 e. The molecule has 0 unspecified atom stereocenters. The van der Waals surface area contributed by atoms with Crippen LogP contribution in [0.3, 0.4) is 0 Å². The third-order valence-electron chi connectivity index (χ3n) is 5.50. The van der Waals surface area contributed by atoms with E-state index < -0.39 is 0 Å². The molecule has 0 spiro atoms. The smallest absolute Gasteiger partial charge is 0.123 e. The number of likely N-dealkylation sites (tertiary alicyclic amines) is 1.